The van der Waals surface area contributed by atoms with Crippen LogP contribution < -0.4 is 10.1 Å². The lowest BCUT2D eigenvalue weighted by molar-refractivity contribution is -0.133. The van der Waals surface area contributed by atoms with Crippen LogP contribution in [0.5, 0.6) is 5.75 Å². The average Bonchev–Trinajstić information content (AvgIpc) is 2.73. The van der Waals surface area contributed by atoms with Crippen molar-refractivity contribution in [3.05, 3.63) is 59.2 Å². The second-order valence-electron chi connectivity index (χ2n) is 7.88. The molecule has 3 rings (SSSR count). The van der Waals surface area contributed by atoms with Gasteiger partial charge >= 0.3 is 0 Å². The maximum absolute atomic E-state index is 12.4. The second kappa shape index (κ2) is 10.3. The Morgan fingerprint density at radius 2 is 1.57 bits per heavy atom. The average molecular weight is 410 g/mol. The van der Waals surface area contributed by atoms with Crippen molar-refractivity contribution in [2.24, 2.45) is 0 Å². The summed E-state index contributed by atoms with van der Waals surface area (Å²) in [5.41, 5.74) is 4.20. The highest BCUT2D eigenvalue weighted by Gasteiger charge is 2.22. The van der Waals surface area contributed by atoms with Gasteiger partial charge in [-0.25, -0.2) is 0 Å². The predicted octanol–water partition coefficient (Wildman–Crippen LogP) is 3.16. The van der Waals surface area contributed by atoms with Gasteiger partial charge in [-0.3, -0.25) is 14.5 Å². The quantitative estimate of drug-likeness (QED) is 0.763. The Labute approximate surface area is 178 Å². The zero-order valence-corrected chi connectivity index (χ0v) is 18.1. The number of ether oxygens (including phenoxy) is 1. The highest BCUT2D eigenvalue weighted by molar-refractivity contribution is 5.93. The molecule has 0 aliphatic carbocycles. The fraction of sp³-hybridized carbons (Fsp3) is 0.417. The molecule has 6 heteroatoms. The van der Waals surface area contributed by atoms with Crippen LogP contribution in [0.25, 0.3) is 0 Å². The highest BCUT2D eigenvalue weighted by Crippen LogP contribution is 2.19. The van der Waals surface area contributed by atoms with Crippen LogP contribution in [0.1, 0.15) is 23.1 Å². The van der Waals surface area contributed by atoms with E-state index < -0.39 is 0 Å². The molecule has 0 aromatic heterocycles. The summed E-state index contributed by atoms with van der Waals surface area (Å²) in [6.07, 6.45) is 0.362. The summed E-state index contributed by atoms with van der Waals surface area (Å²) in [5.74, 6) is 0.869. The Morgan fingerprint density at radius 1 is 0.933 bits per heavy atom. The number of hydrogen-bond donors (Lipinski definition) is 1. The molecule has 1 fully saturated rings. The Kier molecular flexibility index (Phi) is 7.46. The van der Waals surface area contributed by atoms with E-state index in [0.717, 1.165) is 22.6 Å². The number of anilines is 1. The number of carbonyl (C=O) groups is 2. The molecule has 2 amide bonds. The number of piperazine rings is 1. The van der Waals surface area contributed by atoms with Gasteiger partial charge < -0.3 is 15.0 Å². The van der Waals surface area contributed by atoms with E-state index in [1.54, 1.807) is 0 Å². The van der Waals surface area contributed by atoms with E-state index >= 15 is 0 Å². The number of carbonyl (C=O) groups excluding carboxylic acids is 2. The molecule has 1 aliphatic heterocycles. The second-order valence-corrected chi connectivity index (χ2v) is 7.88. The molecule has 0 atom stereocenters. The summed E-state index contributed by atoms with van der Waals surface area (Å²) in [6, 6.07) is 13.8. The number of rotatable bonds is 7. The fourth-order valence-corrected chi connectivity index (χ4v) is 3.60. The monoisotopic (exact) mass is 409 g/mol. The number of aryl methyl sites for hydroxylation is 3. The van der Waals surface area contributed by atoms with E-state index in [4.69, 9.17) is 4.74 Å². The Balaban J connectivity index is 1.38. The van der Waals surface area contributed by atoms with Crippen molar-refractivity contribution in [1.82, 2.24) is 9.80 Å². The smallest absolute Gasteiger partial charge is 0.238 e. The maximum Gasteiger partial charge on any atom is 0.238 e. The number of nitrogens with one attached hydrogen (secondary N) is 1. The molecule has 1 aliphatic rings. The van der Waals surface area contributed by atoms with Crippen molar-refractivity contribution < 1.29 is 14.3 Å². The molecule has 0 unspecified atom stereocenters. The van der Waals surface area contributed by atoms with E-state index in [1.165, 1.54) is 5.56 Å². The van der Waals surface area contributed by atoms with E-state index in [1.807, 2.05) is 68.1 Å². The first-order chi connectivity index (χ1) is 14.4. The summed E-state index contributed by atoms with van der Waals surface area (Å²) in [7, 11) is 0. The minimum Gasteiger partial charge on any atom is -0.493 e. The largest absolute Gasteiger partial charge is 0.493 e. The Hall–Kier alpha value is -2.86. The summed E-state index contributed by atoms with van der Waals surface area (Å²) < 4.78 is 5.66. The molecule has 1 heterocycles. The number of para-hydroxylation sites is 1. The molecular formula is C24H31N3O3. The molecular weight excluding hydrogens is 378 g/mol. The lowest BCUT2D eigenvalue weighted by atomic mass is 10.1. The fourth-order valence-electron chi connectivity index (χ4n) is 3.60. The van der Waals surface area contributed by atoms with Crippen molar-refractivity contribution in [1.29, 1.82) is 0 Å². The summed E-state index contributed by atoms with van der Waals surface area (Å²) >= 11 is 0. The minimum absolute atomic E-state index is 0.0151. The Bertz CT molecular complexity index is 852. The van der Waals surface area contributed by atoms with Gasteiger partial charge in [0.1, 0.15) is 5.75 Å². The summed E-state index contributed by atoms with van der Waals surface area (Å²) in [5, 5.41) is 3.03. The van der Waals surface area contributed by atoms with Crippen molar-refractivity contribution >= 4 is 17.5 Å². The molecule has 0 radical (unpaired) electrons. The molecule has 1 N–H and O–H groups in total. The lowest BCUT2D eigenvalue weighted by Gasteiger charge is -2.34. The molecule has 1 saturated heterocycles. The van der Waals surface area contributed by atoms with E-state index in [0.29, 0.717) is 45.8 Å². The van der Waals surface area contributed by atoms with Gasteiger partial charge in [-0.2, -0.15) is 0 Å². The van der Waals surface area contributed by atoms with Gasteiger partial charge in [0.05, 0.1) is 19.6 Å². The van der Waals surface area contributed by atoms with Gasteiger partial charge in [0.2, 0.25) is 11.8 Å². The number of hydrogen-bond acceptors (Lipinski definition) is 4. The van der Waals surface area contributed by atoms with Crippen LogP contribution in [-0.2, 0) is 9.59 Å². The first-order valence-corrected chi connectivity index (χ1v) is 10.5. The molecule has 2 aromatic carbocycles. The highest BCUT2D eigenvalue weighted by atomic mass is 16.5. The first-order valence-electron chi connectivity index (χ1n) is 10.5. The molecule has 0 spiro atoms. The first kappa shape index (κ1) is 21.8. The van der Waals surface area contributed by atoms with Crippen molar-refractivity contribution in [2.75, 3.05) is 44.6 Å². The third kappa shape index (κ3) is 6.07. The number of benzene rings is 2. The molecule has 2 aromatic rings. The number of amides is 2. The SMILES string of the molecule is Cc1ccc(OCCC(=O)N2CCN(CC(=O)Nc3c(C)cccc3C)CC2)cc1. The number of nitrogens with zero attached hydrogens (tertiary/aromatic N) is 2. The summed E-state index contributed by atoms with van der Waals surface area (Å²) in [6.45, 7) is 9.41. The maximum atomic E-state index is 12.4. The van der Waals surface area contributed by atoms with Crippen molar-refractivity contribution in [3.63, 3.8) is 0 Å². The molecule has 6 nitrogen and oxygen atoms in total. The van der Waals surface area contributed by atoms with Crippen LogP contribution in [-0.4, -0.2) is 60.9 Å². The van der Waals surface area contributed by atoms with Gasteiger partial charge in [0.15, 0.2) is 0 Å². The van der Waals surface area contributed by atoms with Crippen LogP contribution in [0.15, 0.2) is 42.5 Å². The molecule has 0 saturated carbocycles. The third-order valence-electron chi connectivity index (χ3n) is 5.44. The van der Waals surface area contributed by atoms with Crippen LogP contribution in [0.2, 0.25) is 0 Å². The van der Waals surface area contributed by atoms with Crippen LogP contribution in [0, 0.1) is 20.8 Å². The van der Waals surface area contributed by atoms with Crippen LogP contribution in [0.4, 0.5) is 5.69 Å². The van der Waals surface area contributed by atoms with E-state index in [9.17, 15) is 9.59 Å². The van der Waals surface area contributed by atoms with Gasteiger partial charge in [0, 0.05) is 31.9 Å². The van der Waals surface area contributed by atoms with Crippen molar-refractivity contribution in [2.45, 2.75) is 27.2 Å². The normalized spacial score (nSPS) is 14.4. The standard InChI is InChI=1S/C24H31N3O3/c1-18-7-9-21(10-8-18)30-16-11-23(29)27-14-12-26(13-15-27)17-22(28)25-24-19(2)5-4-6-20(24)3/h4-10H,11-17H2,1-3H3,(H,25,28). The van der Waals surface area contributed by atoms with E-state index in [-0.39, 0.29) is 11.8 Å². The summed E-state index contributed by atoms with van der Waals surface area (Å²) in [4.78, 5) is 28.8. The van der Waals surface area contributed by atoms with Gasteiger partial charge in [0.25, 0.3) is 0 Å². The van der Waals surface area contributed by atoms with Gasteiger partial charge in [-0.05, 0) is 44.0 Å². The van der Waals surface area contributed by atoms with E-state index in [2.05, 4.69) is 10.2 Å². The van der Waals surface area contributed by atoms with Crippen LogP contribution >= 0.6 is 0 Å². The minimum atomic E-state index is -0.0151. The molecule has 30 heavy (non-hydrogen) atoms. The zero-order chi connectivity index (χ0) is 21.5. The molecule has 160 valence electrons. The van der Waals surface area contributed by atoms with Crippen molar-refractivity contribution in [3.8, 4) is 5.75 Å². The van der Waals surface area contributed by atoms with Gasteiger partial charge in [-0.1, -0.05) is 35.9 Å². The topological polar surface area (TPSA) is 61.9 Å². The lowest BCUT2D eigenvalue weighted by Crippen LogP contribution is -2.50. The Morgan fingerprint density at radius 3 is 2.20 bits per heavy atom. The van der Waals surface area contributed by atoms with Gasteiger partial charge in [-0.15, -0.1) is 0 Å². The van der Waals surface area contributed by atoms with Crippen LogP contribution in [0.3, 0.4) is 0 Å². The molecule has 0 bridgehead atoms. The third-order valence-corrected chi connectivity index (χ3v) is 5.44. The predicted molar refractivity (Wildman–Crippen MR) is 119 cm³/mol. The zero-order valence-electron chi connectivity index (χ0n) is 18.1.